The Kier molecular flexibility index (Phi) is 4.40. The normalized spacial score (nSPS) is 14.1. The molecular formula is C16H20N2O3. The molecule has 1 N–H and O–H groups in total. The first-order valence-corrected chi connectivity index (χ1v) is 7.37. The van der Waals surface area contributed by atoms with Crippen LogP contribution >= 0.6 is 0 Å². The molecule has 0 unspecified atom stereocenters. The SMILES string of the molecule is CCOc1cccc(OCc2cc(CNC3CC3)no2)c1. The minimum Gasteiger partial charge on any atom is -0.494 e. The molecule has 1 aliphatic carbocycles. The summed E-state index contributed by atoms with van der Waals surface area (Å²) >= 11 is 0. The van der Waals surface area contributed by atoms with Gasteiger partial charge in [-0.25, -0.2) is 0 Å². The highest BCUT2D eigenvalue weighted by Gasteiger charge is 2.20. The van der Waals surface area contributed by atoms with Crippen molar-refractivity contribution >= 4 is 0 Å². The number of rotatable bonds is 8. The molecule has 0 radical (unpaired) electrons. The predicted octanol–water partition coefficient (Wildman–Crippen LogP) is 2.90. The smallest absolute Gasteiger partial charge is 0.174 e. The molecule has 1 aromatic carbocycles. The van der Waals surface area contributed by atoms with Crippen molar-refractivity contribution in [3.8, 4) is 11.5 Å². The fourth-order valence-corrected chi connectivity index (χ4v) is 2.02. The summed E-state index contributed by atoms with van der Waals surface area (Å²) in [7, 11) is 0. The molecule has 0 bridgehead atoms. The van der Waals surface area contributed by atoms with E-state index in [-0.39, 0.29) is 0 Å². The third-order valence-electron chi connectivity index (χ3n) is 3.25. The van der Waals surface area contributed by atoms with Crippen LogP contribution < -0.4 is 14.8 Å². The van der Waals surface area contributed by atoms with Crippen molar-refractivity contribution in [3.63, 3.8) is 0 Å². The van der Waals surface area contributed by atoms with Crippen molar-refractivity contribution in [2.45, 2.75) is 39.0 Å². The maximum atomic E-state index is 5.70. The molecule has 0 saturated heterocycles. The van der Waals surface area contributed by atoms with Gasteiger partial charge in [-0.1, -0.05) is 11.2 Å². The van der Waals surface area contributed by atoms with Gasteiger partial charge in [0.05, 0.1) is 12.3 Å². The first kappa shape index (κ1) is 13.9. The largest absolute Gasteiger partial charge is 0.494 e. The van der Waals surface area contributed by atoms with Crippen molar-refractivity contribution in [3.05, 3.63) is 41.8 Å². The highest BCUT2D eigenvalue weighted by molar-refractivity contribution is 5.33. The Bertz CT molecular complexity index is 578. The Morgan fingerprint density at radius 1 is 1.24 bits per heavy atom. The van der Waals surface area contributed by atoms with Crippen LogP contribution in [0.1, 0.15) is 31.2 Å². The molecule has 1 fully saturated rings. The number of aromatic nitrogens is 1. The van der Waals surface area contributed by atoms with E-state index in [1.807, 2.05) is 37.3 Å². The van der Waals surface area contributed by atoms with Gasteiger partial charge < -0.3 is 19.3 Å². The van der Waals surface area contributed by atoms with Gasteiger partial charge in [-0.2, -0.15) is 0 Å². The van der Waals surface area contributed by atoms with E-state index in [0.717, 1.165) is 29.5 Å². The summed E-state index contributed by atoms with van der Waals surface area (Å²) in [6.45, 7) is 3.72. The Labute approximate surface area is 124 Å². The fraction of sp³-hybridized carbons (Fsp3) is 0.438. The third-order valence-corrected chi connectivity index (χ3v) is 3.25. The highest BCUT2D eigenvalue weighted by atomic mass is 16.5. The van der Waals surface area contributed by atoms with E-state index in [1.54, 1.807) is 0 Å². The minimum atomic E-state index is 0.367. The van der Waals surface area contributed by atoms with Gasteiger partial charge >= 0.3 is 0 Å². The molecule has 5 nitrogen and oxygen atoms in total. The summed E-state index contributed by atoms with van der Waals surface area (Å²) in [6, 6.07) is 10.2. The lowest BCUT2D eigenvalue weighted by molar-refractivity contribution is 0.246. The second kappa shape index (κ2) is 6.63. The molecule has 21 heavy (non-hydrogen) atoms. The lowest BCUT2D eigenvalue weighted by Gasteiger charge is -2.06. The summed E-state index contributed by atoms with van der Waals surface area (Å²) < 4.78 is 16.4. The van der Waals surface area contributed by atoms with E-state index < -0.39 is 0 Å². The van der Waals surface area contributed by atoms with Gasteiger partial charge in [0.25, 0.3) is 0 Å². The first-order valence-electron chi connectivity index (χ1n) is 7.37. The van der Waals surface area contributed by atoms with Gasteiger partial charge in [0, 0.05) is 24.7 Å². The summed E-state index contributed by atoms with van der Waals surface area (Å²) in [5.41, 5.74) is 0.920. The molecule has 1 aliphatic rings. The fourth-order valence-electron chi connectivity index (χ4n) is 2.02. The number of nitrogens with one attached hydrogen (secondary N) is 1. The second-order valence-electron chi connectivity index (χ2n) is 5.14. The Balaban J connectivity index is 1.50. The average Bonchev–Trinajstić information content (AvgIpc) is 3.22. The van der Waals surface area contributed by atoms with E-state index in [4.69, 9.17) is 14.0 Å². The lowest BCUT2D eigenvalue weighted by Crippen LogP contribution is -2.15. The summed E-state index contributed by atoms with van der Waals surface area (Å²) in [6.07, 6.45) is 2.54. The number of hydrogen-bond acceptors (Lipinski definition) is 5. The topological polar surface area (TPSA) is 56.5 Å². The van der Waals surface area contributed by atoms with E-state index in [0.29, 0.717) is 19.3 Å². The molecule has 3 rings (SSSR count). The summed E-state index contributed by atoms with van der Waals surface area (Å²) in [5.74, 6) is 2.29. The molecule has 2 aromatic rings. The quantitative estimate of drug-likeness (QED) is 0.809. The summed E-state index contributed by atoms with van der Waals surface area (Å²) in [4.78, 5) is 0. The molecular weight excluding hydrogens is 268 g/mol. The number of benzene rings is 1. The minimum absolute atomic E-state index is 0.367. The van der Waals surface area contributed by atoms with Crippen molar-refractivity contribution in [1.82, 2.24) is 10.5 Å². The van der Waals surface area contributed by atoms with Crippen LogP contribution in [-0.4, -0.2) is 17.8 Å². The van der Waals surface area contributed by atoms with E-state index in [2.05, 4.69) is 10.5 Å². The van der Waals surface area contributed by atoms with E-state index in [1.165, 1.54) is 12.8 Å². The zero-order chi connectivity index (χ0) is 14.5. The van der Waals surface area contributed by atoms with Crippen LogP contribution in [0.2, 0.25) is 0 Å². The molecule has 0 aliphatic heterocycles. The molecule has 1 heterocycles. The molecule has 112 valence electrons. The molecule has 1 saturated carbocycles. The Hall–Kier alpha value is -2.01. The lowest BCUT2D eigenvalue weighted by atomic mass is 10.3. The van der Waals surface area contributed by atoms with Crippen LogP contribution in [0, 0.1) is 0 Å². The number of hydrogen-bond donors (Lipinski definition) is 1. The van der Waals surface area contributed by atoms with Gasteiger partial charge in [0.1, 0.15) is 18.1 Å². The zero-order valence-corrected chi connectivity index (χ0v) is 12.2. The van der Waals surface area contributed by atoms with Crippen molar-refractivity contribution in [1.29, 1.82) is 0 Å². The van der Waals surface area contributed by atoms with Gasteiger partial charge in [-0.05, 0) is 31.9 Å². The van der Waals surface area contributed by atoms with Crippen LogP contribution in [0.25, 0.3) is 0 Å². The number of nitrogens with zero attached hydrogens (tertiary/aromatic N) is 1. The van der Waals surface area contributed by atoms with Crippen LogP contribution in [-0.2, 0) is 13.2 Å². The zero-order valence-electron chi connectivity index (χ0n) is 12.2. The maximum absolute atomic E-state index is 5.70. The van der Waals surface area contributed by atoms with Gasteiger partial charge in [-0.15, -0.1) is 0 Å². The van der Waals surface area contributed by atoms with Crippen LogP contribution in [0.15, 0.2) is 34.9 Å². The third kappa shape index (κ3) is 4.23. The summed E-state index contributed by atoms with van der Waals surface area (Å²) in [5, 5.41) is 7.43. The molecule has 0 spiro atoms. The highest BCUT2D eigenvalue weighted by Crippen LogP contribution is 2.21. The van der Waals surface area contributed by atoms with Crippen molar-refractivity contribution in [2.75, 3.05) is 6.61 Å². The second-order valence-corrected chi connectivity index (χ2v) is 5.14. The Morgan fingerprint density at radius 3 is 2.81 bits per heavy atom. The van der Waals surface area contributed by atoms with Gasteiger partial charge in [-0.3, -0.25) is 0 Å². The maximum Gasteiger partial charge on any atom is 0.174 e. The molecule has 0 amide bonds. The molecule has 0 atom stereocenters. The monoisotopic (exact) mass is 288 g/mol. The van der Waals surface area contributed by atoms with Crippen molar-refractivity contribution in [2.24, 2.45) is 0 Å². The van der Waals surface area contributed by atoms with Crippen LogP contribution in [0.4, 0.5) is 0 Å². The van der Waals surface area contributed by atoms with Gasteiger partial charge in [0.2, 0.25) is 0 Å². The van der Waals surface area contributed by atoms with Crippen molar-refractivity contribution < 1.29 is 14.0 Å². The predicted molar refractivity (Wildman–Crippen MR) is 78.3 cm³/mol. The van der Waals surface area contributed by atoms with E-state index >= 15 is 0 Å². The molecule has 1 aromatic heterocycles. The molecule has 5 heteroatoms. The average molecular weight is 288 g/mol. The van der Waals surface area contributed by atoms with Gasteiger partial charge in [0.15, 0.2) is 5.76 Å². The van der Waals surface area contributed by atoms with Crippen LogP contribution in [0.3, 0.4) is 0 Å². The van der Waals surface area contributed by atoms with E-state index in [9.17, 15) is 0 Å². The number of ether oxygens (including phenoxy) is 2. The first-order chi connectivity index (χ1) is 10.3. The van der Waals surface area contributed by atoms with Crippen LogP contribution in [0.5, 0.6) is 11.5 Å². The standard InChI is InChI=1S/C16H20N2O3/c1-2-19-14-4-3-5-15(9-14)20-11-16-8-13(18-21-16)10-17-12-6-7-12/h3-5,8-9,12,17H,2,6-7,10-11H2,1H3. The Morgan fingerprint density at radius 2 is 2.05 bits per heavy atom.